The van der Waals surface area contributed by atoms with Gasteiger partial charge in [0.2, 0.25) is 0 Å². The van der Waals surface area contributed by atoms with E-state index in [0.29, 0.717) is 11.5 Å². The molecular formula is C14H29N3. The van der Waals surface area contributed by atoms with Crippen molar-refractivity contribution in [1.29, 1.82) is 0 Å². The Labute approximate surface area is 107 Å². The largest absolute Gasteiger partial charge is 0.302 e. The van der Waals surface area contributed by atoms with Gasteiger partial charge in [-0.3, -0.25) is 9.80 Å². The molecule has 2 bridgehead atoms. The van der Waals surface area contributed by atoms with Gasteiger partial charge in [-0.25, -0.2) is 0 Å². The van der Waals surface area contributed by atoms with Gasteiger partial charge in [0.15, 0.2) is 0 Å². The normalized spacial score (nSPS) is 30.7. The number of hydrogen-bond donors (Lipinski definition) is 1. The van der Waals surface area contributed by atoms with E-state index < -0.39 is 0 Å². The molecule has 2 atom stereocenters. The molecule has 100 valence electrons. The second kappa shape index (κ2) is 4.87. The smallest absolute Gasteiger partial charge is 0.0486 e. The SMILES string of the molecule is CC(C)NCN1C[C@@H]2C[C@H]1CN2CC(C)(C)C. The molecule has 2 heterocycles. The third-order valence-corrected chi connectivity index (χ3v) is 3.85. The quantitative estimate of drug-likeness (QED) is 0.806. The molecule has 0 radical (unpaired) electrons. The number of likely N-dealkylation sites (tertiary alicyclic amines) is 2. The monoisotopic (exact) mass is 239 g/mol. The van der Waals surface area contributed by atoms with E-state index in [9.17, 15) is 0 Å². The average Bonchev–Trinajstić information content (AvgIpc) is 2.70. The summed E-state index contributed by atoms with van der Waals surface area (Å²) in [5.74, 6) is 0. The van der Waals surface area contributed by atoms with Crippen molar-refractivity contribution in [2.24, 2.45) is 5.41 Å². The summed E-state index contributed by atoms with van der Waals surface area (Å²) in [5, 5.41) is 3.54. The number of rotatable bonds is 4. The molecule has 0 spiro atoms. The molecule has 2 aliphatic heterocycles. The molecule has 0 amide bonds. The van der Waals surface area contributed by atoms with E-state index in [1.165, 1.54) is 26.1 Å². The summed E-state index contributed by atoms with van der Waals surface area (Å²) in [5.41, 5.74) is 0.436. The Morgan fingerprint density at radius 1 is 1.12 bits per heavy atom. The summed E-state index contributed by atoms with van der Waals surface area (Å²) in [6.45, 7) is 16.3. The molecule has 0 aliphatic carbocycles. The van der Waals surface area contributed by atoms with Crippen molar-refractivity contribution in [3.8, 4) is 0 Å². The summed E-state index contributed by atoms with van der Waals surface area (Å²) in [6.07, 6.45) is 1.38. The van der Waals surface area contributed by atoms with Gasteiger partial charge in [-0.1, -0.05) is 20.8 Å². The second-order valence-corrected chi connectivity index (χ2v) is 7.32. The van der Waals surface area contributed by atoms with Gasteiger partial charge in [-0.15, -0.1) is 0 Å². The van der Waals surface area contributed by atoms with Crippen molar-refractivity contribution in [3.05, 3.63) is 0 Å². The Bertz CT molecular complexity index is 257. The molecule has 1 N–H and O–H groups in total. The van der Waals surface area contributed by atoms with Gasteiger partial charge in [0.05, 0.1) is 0 Å². The fourth-order valence-electron chi connectivity index (χ4n) is 3.13. The van der Waals surface area contributed by atoms with E-state index >= 15 is 0 Å². The van der Waals surface area contributed by atoms with Gasteiger partial charge >= 0.3 is 0 Å². The van der Waals surface area contributed by atoms with E-state index in [-0.39, 0.29) is 0 Å². The minimum atomic E-state index is 0.436. The first-order valence-corrected chi connectivity index (χ1v) is 7.06. The first-order valence-electron chi connectivity index (χ1n) is 7.06. The van der Waals surface area contributed by atoms with Crippen LogP contribution in [0.5, 0.6) is 0 Å². The van der Waals surface area contributed by atoms with Crippen molar-refractivity contribution in [2.45, 2.75) is 59.2 Å². The highest BCUT2D eigenvalue weighted by Gasteiger charge is 2.43. The lowest BCUT2D eigenvalue weighted by Gasteiger charge is -2.37. The summed E-state index contributed by atoms with van der Waals surface area (Å²) < 4.78 is 0. The Hall–Kier alpha value is -0.120. The van der Waals surface area contributed by atoms with Crippen molar-refractivity contribution in [3.63, 3.8) is 0 Å². The number of hydrogen-bond acceptors (Lipinski definition) is 3. The van der Waals surface area contributed by atoms with Crippen molar-refractivity contribution >= 4 is 0 Å². The molecular weight excluding hydrogens is 210 g/mol. The number of nitrogens with zero attached hydrogens (tertiary/aromatic N) is 2. The molecule has 0 aromatic rings. The fourth-order valence-corrected chi connectivity index (χ4v) is 3.13. The van der Waals surface area contributed by atoms with Gasteiger partial charge in [0.25, 0.3) is 0 Å². The Morgan fingerprint density at radius 3 is 2.18 bits per heavy atom. The lowest BCUT2D eigenvalue weighted by molar-refractivity contribution is 0.0922. The van der Waals surface area contributed by atoms with Crippen LogP contribution < -0.4 is 5.32 Å². The Morgan fingerprint density at radius 2 is 1.71 bits per heavy atom. The second-order valence-electron chi connectivity index (χ2n) is 7.32. The topological polar surface area (TPSA) is 18.5 Å². The van der Waals surface area contributed by atoms with Gasteiger partial charge in [0, 0.05) is 44.4 Å². The van der Waals surface area contributed by atoms with Crippen molar-refractivity contribution in [2.75, 3.05) is 26.3 Å². The lowest BCUT2D eigenvalue weighted by Crippen LogP contribution is -2.51. The van der Waals surface area contributed by atoms with E-state index in [4.69, 9.17) is 0 Å². The maximum atomic E-state index is 3.54. The van der Waals surface area contributed by atoms with Crippen LogP contribution in [0.1, 0.15) is 41.0 Å². The predicted octanol–water partition coefficient (Wildman–Crippen LogP) is 1.75. The molecule has 2 fully saturated rings. The third kappa shape index (κ3) is 3.43. The molecule has 0 unspecified atom stereocenters. The Kier molecular flexibility index (Phi) is 3.81. The standard InChI is InChI=1S/C14H29N3/c1-11(2)15-10-17-8-12-6-13(17)7-16(12)9-14(3,4)5/h11-13,15H,6-10H2,1-5H3/t12-,13-/m0/s1. The van der Waals surface area contributed by atoms with Crippen LogP contribution in [0.15, 0.2) is 0 Å². The van der Waals surface area contributed by atoms with Crippen LogP contribution >= 0.6 is 0 Å². The van der Waals surface area contributed by atoms with Gasteiger partial charge in [-0.2, -0.15) is 0 Å². The van der Waals surface area contributed by atoms with Gasteiger partial charge in [0.1, 0.15) is 0 Å². The van der Waals surface area contributed by atoms with Gasteiger partial charge < -0.3 is 5.32 Å². The predicted molar refractivity (Wildman–Crippen MR) is 73.1 cm³/mol. The van der Waals surface area contributed by atoms with E-state index in [1.54, 1.807) is 0 Å². The summed E-state index contributed by atoms with van der Waals surface area (Å²) in [4.78, 5) is 5.33. The molecule has 0 aromatic heterocycles. The van der Waals surface area contributed by atoms with Crippen LogP contribution in [0.25, 0.3) is 0 Å². The van der Waals surface area contributed by atoms with Gasteiger partial charge in [-0.05, 0) is 25.7 Å². The maximum absolute atomic E-state index is 3.54. The lowest BCUT2D eigenvalue weighted by atomic mass is 9.95. The van der Waals surface area contributed by atoms with E-state index in [2.05, 4.69) is 49.7 Å². The fraction of sp³-hybridized carbons (Fsp3) is 1.00. The zero-order valence-corrected chi connectivity index (χ0v) is 12.2. The molecule has 2 rings (SSSR count). The maximum Gasteiger partial charge on any atom is 0.0486 e. The minimum Gasteiger partial charge on any atom is -0.302 e. The highest BCUT2D eigenvalue weighted by Crippen LogP contribution is 2.32. The third-order valence-electron chi connectivity index (χ3n) is 3.85. The number of nitrogens with one attached hydrogen (secondary N) is 1. The summed E-state index contributed by atoms with van der Waals surface area (Å²) in [7, 11) is 0. The molecule has 3 heteroatoms. The molecule has 0 saturated carbocycles. The number of fused-ring (bicyclic) bond motifs is 2. The highest BCUT2D eigenvalue weighted by molar-refractivity contribution is 5.00. The van der Waals surface area contributed by atoms with E-state index in [0.717, 1.165) is 18.8 Å². The van der Waals surface area contributed by atoms with Crippen molar-refractivity contribution < 1.29 is 0 Å². The zero-order valence-electron chi connectivity index (χ0n) is 12.2. The molecule has 2 saturated heterocycles. The average molecular weight is 239 g/mol. The molecule has 0 aromatic carbocycles. The minimum absolute atomic E-state index is 0.436. The molecule has 17 heavy (non-hydrogen) atoms. The molecule has 3 nitrogen and oxygen atoms in total. The molecule has 2 aliphatic rings. The first-order chi connectivity index (χ1) is 7.85. The van der Waals surface area contributed by atoms with Crippen LogP contribution in [-0.2, 0) is 0 Å². The van der Waals surface area contributed by atoms with Crippen LogP contribution in [0.4, 0.5) is 0 Å². The Balaban J connectivity index is 1.80. The highest BCUT2D eigenvalue weighted by atomic mass is 15.4. The van der Waals surface area contributed by atoms with Crippen LogP contribution in [-0.4, -0.2) is 54.2 Å². The number of piperazine rings is 1. The summed E-state index contributed by atoms with van der Waals surface area (Å²) in [6, 6.07) is 2.21. The summed E-state index contributed by atoms with van der Waals surface area (Å²) >= 11 is 0. The van der Waals surface area contributed by atoms with Crippen LogP contribution in [0.3, 0.4) is 0 Å². The van der Waals surface area contributed by atoms with E-state index in [1.807, 2.05) is 0 Å². The van der Waals surface area contributed by atoms with Crippen molar-refractivity contribution in [1.82, 2.24) is 15.1 Å². The first kappa shape index (κ1) is 13.3. The zero-order chi connectivity index (χ0) is 12.6. The van der Waals surface area contributed by atoms with Crippen LogP contribution in [0.2, 0.25) is 0 Å². The van der Waals surface area contributed by atoms with Crippen LogP contribution in [0, 0.1) is 5.41 Å².